The van der Waals surface area contributed by atoms with Crippen LogP contribution in [0.2, 0.25) is 0 Å². The number of nitrogens with one attached hydrogen (secondary N) is 1. The van der Waals surface area contributed by atoms with E-state index in [0.29, 0.717) is 16.6 Å². The Morgan fingerprint density at radius 1 is 1.47 bits per heavy atom. The highest BCUT2D eigenvalue weighted by Crippen LogP contribution is 2.23. The number of carbonyl (C=O) groups is 1. The second kappa shape index (κ2) is 6.16. The van der Waals surface area contributed by atoms with Crippen LogP contribution in [-0.2, 0) is 0 Å². The van der Waals surface area contributed by atoms with Crippen LogP contribution in [0.15, 0.2) is 28.7 Å². The van der Waals surface area contributed by atoms with Gasteiger partial charge in [-0.25, -0.2) is 9.97 Å². The Morgan fingerprint density at radius 3 is 2.89 bits per heavy atom. The lowest BCUT2D eigenvalue weighted by Crippen LogP contribution is -2.13. The van der Waals surface area contributed by atoms with Crippen molar-refractivity contribution >= 4 is 34.1 Å². The first kappa shape index (κ1) is 14.0. The Bertz CT molecular complexity index is 581. The highest BCUT2D eigenvalue weighted by Gasteiger charge is 2.14. The summed E-state index contributed by atoms with van der Waals surface area (Å²) in [6.45, 7) is 4.15. The summed E-state index contributed by atoms with van der Waals surface area (Å²) in [6, 6.07) is 3.53. The van der Waals surface area contributed by atoms with E-state index in [1.807, 2.05) is 11.6 Å². The Kier molecular flexibility index (Phi) is 4.55. The minimum absolute atomic E-state index is 0.165. The highest BCUT2D eigenvalue weighted by molar-refractivity contribution is 7.98. The molecule has 0 aromatic carbocycles. The van der Waals surface area contributed by atoms with E-state index in [1.54, 1.807) is 18.3 Å². The molecule has 2 aromatic heterocycles. The maximum atomic E-state index is 12.2. The molecule has 1 N–H and O–H groups in total. The number of thiazole rings is 1. The molecule has 6 heteroatoms. The molecular formula is C13H15N3OS2. The third kappa shape index (κ3) is 3.33. The lowest BCUT2D eigenvalue weighted by molar-refractivity contribution is 0.102. The molecule has 0 aliphatic carbocycles. The third-order valence-corrected chi connectivity index (χ3v) is 4.03. The Labute approximate surface area is 120 Å². The number of rotatable bonds is 4. The van der Waals surface area contributed by atoms with Gasteiger partial charge in [-0.05, 0) is 24.3 Å². The zero-order valence-electron chi connectivity index (χ0n) is 11.0. The van der Waals surface area contributed by atoms with Crippen molar-refractivity contribution in [1.29, 1.82) is 0 Å². The smallest absolute Gasteiger partial charge is 0.260 e. The topological polar surface area (TPSA) is 54.9 Å². The third-order valence-electron chi connectivity index (χ3n) is 2.54. The largest absolute Gasteiger partial charge is 0.298 e. The Balaban J connectivity index is 2.16. The molecule has 2 rings (SSSR count). The standard InChI is InChI=1S/C13H15N3OS2/c1-8(2)10-7-19-13(15-10)16-11(17)9-5-4-6-14-12(9)18-3/h4-8H,1-3H3,(H,15,16,17). The summed E-state index contributed by atoms with van der Waals surface area (Å²) in [7, 11) is 0. The number of amides is 1. The van der Waals surface area contributed by atoms with Crippen molar-refractivity contribution < 1.29 is 4.79 Å². The number of hydrogen-bond acceptors (Lipinski definition) is 5. The molecule has 0 aliphatic rings. The van der Waals surface area contributed by atoms with E-state index in [-0.39, 0.29) is 5.91 Å². The van der Waals surface area contributed by atoms with Gasteiger partial charge in [0.05, 0.1) is 11.3 Å². The number of carbonyl (C=O) groups excluding carboxylic acids is 1. The summed E-state index contributed by atoms with van der Waals surface area (Å²) < 4.78 is 0. The Morgan fingerprint density at radius 2 is 2.26 bits per heavy atom. The predicted molar refractivity (Wildman–Crippen MR) is 80.2 cm³/mol. The van der Waals surface area contributed by atoms with Gasteiger partial charge in [-0.2, -0.15) is 0 Å². The SMILES string of the molecule is CSc1ncccc1C(=O)Nc1nc(C(C)C)cs1. The van der Waals surface area contributed by atoms with Crippen LogP contribution in [0.25, 0.3) is 0 Å². The molecule has 0 fully saturated rings. The quantitative estimate of drug-likeness (QED) is 0.874. The van der Waals surface area contributed by atoms with E-state index >= 15 is 0 Å². The minimum atomic E-state index is -0.165. The highest BCUT2D eigenvalue weighted by atomic mass is 32.2. The summed E-state index contributed by atoms with van der Waals surface area (Å²) in [5, 5.41) is 6.15. The van der Waals surface area contributed by atoms with Gasteiger partial charge in [0, 0.05) is 11.6 Å². The van der Waals surface area contributed by atoms with E-state index in [4.69, 9.17) is 0 Å². The van der Waals surface area contributed by atoms with Crippen molar-refractivity contribution in [2.75, 3.05) is 11.6 Å². The molecular weight excluding hydrogens is 278 g/mol. The first-order valence-electron chi connectivity index (χ1n) is 5.87. The van der Waals surface area contributed by atoms with Crippen LogP contribution in [0, 0.1) is 0 Å². The second-order valence-corrected chi connectivity index (χ2v) is 5.90. The second-order valence-electron chi connectivity index (χ2n) is 4.25. The van der Waals surface area contributed by atoms with Gasteiger partial charge in [-0.3, -0.25) is 10.1 Å². The molecule has 0 unspecified atom stereocenters. The molecule has 0 saturated carbocycles. The monoisotopic (exact) mass is 293 g/mol. The normalized spacial score (nSPS) is 10.7. The number of pyridine rings is 1. The lowest BCUT2D eigenvalue weighted by Gasteiger charge is -2.05. The van der Waals surface area contributed by atoms with Crippen molar-refractivity contribution in [3.63, 3.8) is 0 Å². The van der Waals surface area contributed by atoms with Gasteiger partial charge < -0.3 is 0 Å². The van der Waals surface area contributed by atoms with Gasteiger partial charge in [0.1, 0.15) is 5.03 Å². The molecule has 4 nitrogen and oxygen atoms in total. The molecule has 2 heterocycles. The molecule has 0 spiro atoms. The summed E-state index contributed by atoms with van der Waals surface area (Å²) in [6.07, 6.45) is 3.59. The van der Waals surface area contributed by atoms with Crippen molar-refractivity contribution in [3.8, 4) is 0 Å². The maximum Gasteiger partial charge on any atom is 0.260 e. The minimum Gasteiger partial charge on any atom is -0.298 e. The molecule has 19 heavy (non-hydrogen) atoms. The molecule has 0 aliphatic heterocycles. The Hall–Kier alpha value is -1.40. The van der Waals surface area contributed by atoms with Gasteiger partial charge >= 0.3 is 0 Å². The van der Waals surface area contributed by atoms with Gasteiger partial charge in [-0.15, -0.1) is 23.1 Å². The fourth-order valence-electron chi connectivity index (χ4n) is 1.50. The van der Waals surface area contributed by atoms with Crippen LogP contribution in [0.5, 0.6) is 0 Å². The van der Waals surface area contributed by atoms with Gasteiger partial charge in [0.2, 0.25) is 0 Å². The molecule has 1 amide bonds. The number of thioether (sulfide) groups is 1. The fraction of sp³-hybridized carbons (Fsp3) is 0.308. The maximum absolute atomic E-state index is 12.2. The summed E-state index contributed by atoms with van der Waals surface area (Å²) in [4.78, 5) is 20.7. The van der Waals surface area contributed by atoms with Gasteiger partial charge in [0.15, 0.2) is 5.13 Å². The average Bonchev–Trinajstić information content (AvgIpc) is 2.87. The molecule has 100 valence electrons. The van der Waals surface area contributed by atoms with Gasteiger partial charge in [0.25, 0.3) is 5.91 Å². The first-order chi connectivity index (χ1) is 9.11. The van der Waals surface area contributed by atoms with E-state index in [1.165, 1.54) is 23.1 Å². The summed E-state index contributed by atoms with van der Waals surface area (Å²) in [5.74, 6) is 0.198. The van der Waals surface area contributed by atoms with E-state index < -0.39 is 0 Å². The molecule has 0 radical (unpaired) electrons. The number of aromatic nitrogens is 2. The van der Waals surface area contributed by atoms with Gasteiger partial charge in [-0.1, -0.05) is 13.8 Å². The lowest BCUT2D eigenvalue weighted by atomic mass is 10.2. The molecule has 0 bridgehead atoms. The number of hydrogen-bond donors (Lipinski definition) is 1. The van der Waals surface area contributed by atoms with Crippen molar-refractivity contribution in [1.82, 2.24) is 9.97 Å². The van der Waals surface area contributed by atoms with Crippen molar-refractivity contribution in [3.05, 3.63) is 35.0 Å². The molecule has 0 atom stereocenters. The van der Waals surface area contributed by atoms with Crippen molar-refractivity contribution in [2.24, 2.45) is 0 Å². The number of anilines is 1. The van der Waals surface area contributed by atoms with Crippen molar-refractivity contribution in [2.45, 2.75) is 24.8 Å². The molecule has 0 saturated heterocycles. The fourth-order valence-corrected chi connectivity index (χ4v) is 2.91. The zero-order valence-corrected chi connectivity index (χ0v) is 12.6. The van der Waals surface area contributed by atoms with Crippen LogP contribution in [-0.4, -0.2) is 22.1 Å². The molecule has 2 aromatic rings. The van der Waals surface area contributed by atoms with Crippen LogP contribution >= 0.6 is 23.1 Å². The van der Waals surface area contributed by atoms with E-state index in [2.05, 4.69) is 29.1 Å². The number of nitrogens with zero attached hydrogens (tertiary/aromatic N) is 2. The summed E-state index contributed by atoms with van der Waals surface area (Å²) >= 11 is 2.90. The van der Waals surface area contributed by atoms with Crippen LogP contribution in [0.4, 0.5) is 5.13 Å². The first-order valence-corrected chi connectivity index (χ1v) is 7.98. The van der Waals surface area contributed by atoms with E-state index in [9.17, 15) is 4.79 Å². The summed E-state index contributed by atoms with van der Waals surface area (Å²) in [5.41, 5.74) is 1.58. The van der Waals surface area contributed by atoms with Crippen LogP contribution < -0.4 is 5.32 Å². The average molecular weight is 293 g/mol. The van der Waals surface area contributed by atoms with E-state index in [0.717, 1.165) is 10.7 Å². The van der Waals surface area contributed by atoms with Crippen LogP contribution in [0.1, 0.15) is 35.8 Å². The zero-order chi connectivity index (χ0) is 13.8. The van der Waals surface area contributed by atoms with Crippen LogP contribution in [0.3, 0.4) is 0 Å². The predicted octanol–water partition coefficient (Wildman–Crippen LogP) is 3.64.